The van der Waals surface area contributed by atoms with Crippen LogP contribution in [0.5, 0.6) is 5.88 Å². The van der Waals surface area contributed by atoms with Crippen LogP contribution in [0, 0.1) is 12.7 Å². The molecule has 2 aromatic carbocycles. The van der Waals surface area contributed by atoms with Crippen molar-refractivity contribution in [1.29, 1.82) is 0 Å². The molecule has 0 aliphatic carbocycles. The van der Waals surface area contributed by atoms with E-state index in [-0.39, 0.29) is 18.1 Å². The maximum Gasteiger partial charge on any atom is 0.223 e. The van der Waals surface area contributed by atoms with Crippen LogP contribution in [0.25, 0.3) is 22.2 Å². The Hall–Kier alpha value is -3.71. The van der Waals surface area contributed by atoms with E-state index in [4.69, 9.17) is 8.85 Å². The summed E-state index contributed by atoms with van der Waals surface area (Å²) in [5, 5.41) is 0. The average Bonchev–Trinajstić information content (AvgIpc) is 3.19. The minimum Gasteiger partial charge on any atom is -0.480 e. The van der Waals surface area contributed by atoms with Crippen molar-refractivity contribution in [3.8, 4) is 17.0 Å². The van der Waals surface area contributed by atoms with Crippen LogP contribution in [0.1, 0.15) is 21.2 Å². The van der Waals surface area contributed by atoms with E-state index in [9.17, 15) is 0 Å². The van der Waals surface area contributed by atoms with Crippen LogP contribution in [-0.2, 0) is 12.3 Å². The number of benzene rings is 2. The number of aryl methyl sites for hydroxylation is 1. The van der Waals surface area contributed by atoms with Gasteiger partial charge in [0.1, 0.15) is 17.2 Å². The van der Waals surface area contributed by atoms with Crippen LogP contribution in [0.3, 0.4) is 0 Å². The lowest BCUT2D eigenvalue weighted by Gasteiger charge is -2.13. The van der Waals surface area contributed by atoms with Gasteiger partial charge in [0.2, 0.25) is 5.88 Å². The molecular weight excluding hydrogens is 447 g/mol. The molecule has 5 nitrogen and oxygen atoms in total. The molecule has 0 atom stereocenters. The number of methoxy groups -OCH3 is 1. The summed E-state index contributed by atoms with van der Waals surface area (Å²) in [5.41, 5.74) is 3.73. The fraction of sp³-hybridized carbons (Fsp3) is 0.148. The number of hydrogen-bond acceptors (Lipinski definition) is 5. The maximum absolute atomic E-state index is 15.2. The molecule has 0 aliphatic rings. The molecule has 3 heterocycles. The van der Waals surface area contributed by atoms with Crippen LogP contribution < -0.4 is 4.74 Å². The zero-order valence-electron chi connectivity index (χ0n) is 21.4. The fourth-order valence-electron chi connectivity index (χ4n) is 3.90. The number of hydrogen-bond donors (Lipinski definition) is 0. The molecule has 0 N–H and O–H groups in total. The summed E-state index contributed by atoms with van der Waals surface area (Å²) in [6, 6.07) is 20.7. The third-order valence-corrected chi connectivity index (χ3v) is 6.58. The predicted octanol–water partition coefficient (Wildman–Crippen LogP) is 6.29. The van der Waals surface area contributed by atoms with Crippen molar-refractivity contribution in [3.63, 3.8) is 0 Å². The second-order valence-electron chi connectivity index (χ2n) is 7.76. The van der Waals surface area contributed by atoms with Crippen molar-refractivity contribution in [3.05, 3.63) is 102 Å². The first-order chi connectivity index (χ1) is 17.8. The standard InChI is InChI=1S/C27H23FN4OS/c1-18-31-23-15-30-27(33-2)25(20-11-7-4-8-12-20)26(23)32(18)16-24-22(28)13-21(14-29-24)34-17-19-9-5-3-6-10-19/h3-15H,16-17H2,1-2H3/i2D3. The first-order valence-corrected chi connectivity index (χ1v) is 11.7. The molecule has 0 spiro atoms. The summed E-state index contributed by atoms with van der Waals surface area (Å²) in [7, 11) is -2.69. The zero-order valence-corrected chi connectivity index (χ0v) is 19.2. The van der Waals surface area contributed by atoms with E-state index in [0.717, 1.165) is 10.5 Å². The van der Waals surface area contributed by atoms with Crippen molar-refractivity contribution in [2.75, 3.05) is 7.04 Å². The lowest BCUT2D eigenvalue weighted by atomic mass is 10.1. The number of fused-ring (bicyclic) bond motifs is 1. The first-order valence-electron chi connectivity index (χ1n) is 12.2. The van der Waals surface area contributed by atoms with Gasteiger partial charge in [-0.25, -0.2) is 14.4 Å². The van der Waals surface area contributed by atoms with Gasteiger partial charge in [0.05, 0.1) is 40.7 Å². The van der Waals surface area contributed by atoms with Crippen LogP contribution in [0.2, 0.25) is 0 Å². The number of ether oxygens (including phenoxy) is 1. The highest BCUT2D eigenvalue weighted by Crippen LogP contribution is 2.36. The summed E-state index contributed by atoms with van der Waals surface area (Å²) in [6.45, 7) is 1.91. The van der Waals surface area contributed by atoms with Gasteiger partial charge in [-0.15, -0.1) is 11.8 Å². The second-order valence-corrected chi connectivity index (χ2v) is 8.81. The lowest BCUT2D eigenvalue weighted by molar-refractivity contribution is 0.400. The molecule has 170 valence electrons. The number of halogens is 1. The Kier molecular flexibility index (Phi) is 5.30. The van der Waals surface area contributed by atoms with Gasteiger partial charge in [-0.1, -0.05) is 60.7 Å². The normalized spacial score (nSPS) is 12.8. The Morgan fingerprint density at radius 3 is 2.53 bits per heavy atom. The predicted molar refractivity (Wildman–Crippen MR) is 134 cm³/mol. The van der Waals surface area contributed by atoms with E-state index < -0.39 is 12.9 Å². The van der Waals surface area contributed by atoms with Crippen LogP contribution in [0.4, 0.5) is 4.39 Å². The summed E-state index contributed by atoms with van der Waals surface area (Å²) < 4.78 is 45.1. The highest BCUT2D eigenvalue weighted by atomic mass is 32.2. The molecule has 7 heteroatoms. The Bertz CT molecular complexity index is 1540. The zero-order chi connectivity index (χ0) is 26.0. The summed E-state index contributed by atoms with van der Waals surface area (Å²) in [4.78, 5) is 14.0. The van der Waals surface area contributed by atoms with Gasteiger partial charge in [0, 0.05) is 16.8 Å². The minimum absolute atomic E-state index is 0.0408. The molecule has 5 aromatic rings. The van der Waals surface area contributed by atoms with E-state index in [2.05, 4.69) is 15.0 Å². The molecule has 0 saturated carbocycles. The number of imidazole rings is 1. The van der Waals surface area contributed by atoms with Gasteiger partial charge in [-0.3, -0.25) is 4.98 Å². The van der Waals surface area contributed by atoms with Gasteiger partial charge < -0.3 is 9.30 Å². The number of rotatable bonds is 7. The molecule has 0 saturated heterocycles. The van der Waals surface area contributed by atoms with Gasteiger partial charge in [0.15, 0.2) is 0 Å². The highest BCUT2D eigenvalue weighted by molar-refractivity contribution is 7.98. The van der Waals surface area contributed by atoms with Crippen LogP contribution >= 0.6 is 11.8 Å². The third kappa shape index (κ3) is 4.39. The van der Waals surface area contributed by atoms with Crippen LogP contribution in [0.15, 0.2) is 84.0 Å². The largest absolute Gasteiger partial charge is 0.480 e. The molecule has 0 amide bonds. The Morgan fingerprint density at radius 2 is 1.79 bits per heavy atom. The number of pyridine rings is 2. The molecule has 5 rings (SSSR count). The van der Waals surface area contributed by atoms with Gasteiger partial charge in [-0.05, 0) is 24.1 Å². The lowest BCUT2D eigenvalue weighted by Crippen LogP contribution is -2.07. The summed E-state index contributed by atoms with van der Waals surface area (Å²) in [6.07, 6.45) is 3.14. The Balaban J connectivity index is 1.53. The quantitative estimate of drug-likeness (QED) is 0.260. The maximum atomic E-state index is 15.2. The average molecular weight is 474 g/mol. The van der Waals surface area contributed by atoms with Gasteiger partial charge >= 0.3 is 0 Å². The number of thioether (sulfide) groups is 1. The molecule has 0 aliphatic heterocycles. The SMILES string of the molecule is [2H]C([2H])([2H])Oc1ncc2nc(C)n(Cc3ncc(SCc4ccccc4)cc3F)c2c1-c1ccccc1. The minimum atomic E-state index is -2.69. The van der Waals surface area contributed by atoms with Gasteiger partial charge in [0.25, 0.3) is 0 Å². The second kappa shape index (κ2) is 9.65. The van der Waals surface area contributed by atoms with E-state index in [1.165, 1.54) is 24.0 Å². The molecular formula is C27H23FN4OS. The molecule has 0 fully saturated rings. The van der Waals surface area contributed by atoms with Crippen molar-refractivity contribution >= 4 is 22.8 Å². The third-order valence-electron chi connectivity index (χ3n) is 5.55. The topological polar surface area (TPSA) is 52.8 Å². The van der Waals surface area contributed by atoms with Gasteiger partial charge in [-0.2, -0.15) is 0 Å². The molecule has 34 heavy (non-hydrogen) atoms. The smallest absolute Gasteiger partial charge is 0.223 e. The number of nitrogens with zero attached hydrogens (tertiary/aromatic N) is 4. The molecule has 0 bridgehead atoms. The van der Waals surface area contributed by atoms with Crippen molar-refractivity contribution in [1.82, 2.24) is 19.5 Å². The highest BCUT2D eigenvalue weighted by Gasteiger charge is 2.20. The Morgan fingerprint density at radius 1 is 1.03 bits per heavy atom. The Labute approximate surface area is 205 Å². The fourth-order valence-corrected chi connectivity index (χ4v) is 4.74. The molecule has 0 unspecified atom stereocenters. The summed E-state index contributed by atoms with van der Waals surface area (Å²) >= 11 is 1.52. The van der Waals surface area contributed by atoms with E-state index in [1.807, 2.05) is 65.2 Å². The van der Waals surface area contributed by atoms with E-state index in [1.54, 1.807) is 13.1 Å². The first kappa shape index (κ1) is 18.7. The van der Waals surface area contributed by atoms with E-state index >= 15 is 4.39 Å². The van der Waals surface area contributed by atoms with Crippen LogP contribution in [-0.4, -0.2) is 26.6 Å². The van der Waals surface area contributed by atoms with Crippen molar-refractivity contribution in [2.45, 2.75) is 24.1 Å². The number of aromatic nitrogens is 4. The van der Waals surface area contributed by atoms with Crippen molar-refractivity contribution in [2.24, 2.45) is 0 Å². The van der Waals surface area contributed by atoms with E-state index in [0.29, 0.717) is 33.7 Å². The van der Waals surface area contributed by atoms with Crippen molar-refractivity contribution < 1.29 is 13.2 Å². The summed E-state index contributed by atoms with van der Waals surface area (Å²) in [5.74, 6) is 0.866. The molecule has 0 radical (unpaired) electrons. The molecule has 3 aromatic heterocycles. The monoisotopic (exact) mass is 473 g/mol.